The smallest absolute Gasteiger partial charge is 0.426 e. The molecular weight excluding hydrogens is 622 g/mol. The minimum Gasteiger partial charge on any atom is -0.465 e. The Morgan fingerprint density at radius 2 is 1.61 bits per heavy atom. The van der Waals surface area contributed by atoms with Gasteiger partial charge in [0.1, 0.15) is 3.92 Å². The van der Waals surface area contributed by atoms with E-state index >= 15 is 0 Å². The van der Waals surface area contributed by atoms with Gasteiger partial charge in [-0.05, 0) is 56.3 Å². The molecule has 0 radical (unpaired) electrons. The molecular formula is C16H21F6I2NO3. The zero-order valence-corrected chi connectivity index (χ0v) is 19.1. The van der Waals surface area contributed by atoms with Gasteiger partial charge in [-0.15, -0.1) is 0 Å². The molecule has 2 rings (SSSR count). The Hall–Kier alpha value is 0.430. The topological polar surface area (TPSA) is 58.6 Å². The number of nitrogens with one attached hydrogen (secondary N) is 1. The van der Waals surface area contributed by atoms with Crippen molar-refractivity contribution in [2.45, 2.75) is 60.5 Å². The Labute approximate surface area is 186 Å². The molecule has 2 aliphatic carbocycles. The molecule has 12 heteroatoms. The first-order valence-electron chi connectivity index (χ1n) is 8.74. The first kappa shape index (κ1) is 24.7. The lowest BCUT2D eigenvalue weighted by Crippen LogP contribution is -2.58. The predicted octanol–water partition coefficient (Wildman–Crippen LogP) is 4.57. The first-order chi connectivity index (χ1) is 12.7. The summed E-state index contributed by atoms with van der Waals surface area (Å²) in [4.78, 5) is 12.0. The highest BCUT2D eigenvalue weighted by molar-refractivity contribution is 14.1. The van der Waals surface area contributed by atoms with Gasteiger partial charge in [-0.1, -0.05) is 22.6 Å². The van der Waals surface area contributed by atoms with Crippen molar-refractivity contribution in [2.24, 2.45) is 23.7 Å². The summed E-state index contributed by atoms with van der Waals surface area (Å²) < 4.78 is 85.3. The number of halogens is 8. The summed E-state index contributed by atoms with van der Waals surface area (Å²) in [5.41, 5.74) is -4.69. The third-order valence-corrected chi connectivity index (χ3v) is 8.49. The number of carbonyl (C=O) groups is 1. The predicted molar refractivity (Wildman–Crippen MR) is 105 cm³/mol. The quantitative estimate of drug-likeness (QED) is 0.141. The van der Waals surface area contributed by atoms with E-state index in [0.29, 0.717) is 12.8 Å². The van der Waals surface area contributed by atoms with E-state index in [1.54, 1.807) is 0 Å². The largest absolute Gasteiger partial charge is 0.465 e. The van der Waals surface area contributed by atoms with Gasteiger partial charge >= 0.3 is 18.3 Å². The lowest BCUT2D eigenvalue weighted by molar-refractivity contribution is -0.373. The fraction of sp³-hybridized carbons (Fsp3) is 0.938. The zero-order chi connectivity index (χ0) is 21.5. The van der Waals surface area contributed by atoms with E-state index < -0.39 is 40.2 Å². The molecule has 0 aromatic rings. The van der Waals surface area contributed by atoms with Crippen molar-refractivity contribution in [3.8, 4) is 0 Å². The van der Waals surface area contributed by atoms with Crippen LogP contribution in [-0.4, -0.2) is 45.6 Å². The van der Waals surface area contributed by atoms with Crippen molar-refractivity contribution in [1.82, 2.24) is 3.53 Å². The van der Waals surface area contributed by atoms with Crippen LogP contribution in [0.4, 0.5) is 26.3 Å². The third kappa shape index (κ3) is 5.01. The third-order valence-electron chi connectivity index (χ3n) is 5.92. The van der Waals surface area contributed by atoms with Crippen LogP contribution in [0.15, 0.2) is 0 Å². The van der Waals surface area contributed by atoms with Gasteiger partial charge < -0.3 is 9.84 Å². The van der Waals surface area contributed by atoms with Gasteiger partial charge in [0.15, 0.2) is 0 Å². The number of aliphatic hydroxyl groups is 1. The molecule has 2 aliphatic rings. The van der Waals surface area contributed by atoms with E-state index in [1.165, 1.54) is 0 Å². The lowest BCUT2D eigenvalue weighted by atomic mass is 9.76. The van der Waals surface area contributed by atoms with Crippen molar-refractivity contribution < 1.29 is 41.0 Å². The van der Waals surface area contributed by atoms with Crippen molar-refractivity contribution in [1.29, 1.82) is 0 Å². The Balaban J connectivity index is 1.92. The maximum Gasteiger partial charge on any atom is 0.426 e. The van der Waals surface area contributed by atoms with Crippen LogP contribution in [0.2, 0.25) is 0 Å². The molecule has 0 amide bonds. The second kappa shape index (κ2) is 8.89. The van der Waals surface area contributed by atoms with E-state index in [0.717, 1.165) is 0 Å². The van der Waals surface area contributed by atoms with Gasteiger partial charge in [0.2, 0.25) is 0 Å². The fourth-order valence-corrected chi connectivity index (χ4v) is 5.67. The number of fused-ring (bicyclic) bond motifs is 2. The second-order valence-corrected chi connectivity index (χ2v) is 9.70. The van der Waals surface area contributed by atoms with Crippen molar-refractivity contribution >= 4 is 51.4 Å². The summed E-state index contributed by atoms with van der Waals surface area (Å²) in [6.45, 7) is 1.93. The first-order valence-corrected chi connectivity index (χ1v) is 11.1. The Kier molecular flexibility index (Phi) is 7.84. The summed E-state index contributed by atoms with van der Waals surface area (Å²) >= 11 is 3.88. The van der Waals surface area contributed by atoms with Crippen LogP contribution in [0.1, 0.15) is 32.6 Å². The number of alkyl halides is 7. The van der Waals surface area contributed by atoms with Gasteiger partial charge in [-0.25, -0.2) is 0 Å². The van der Waals surface area contributed by atoms with Gasteiger partial charge in [-0.3, -0.25) is 8.32 Å². The van der Waals surface area contributed by atoms with Gasteiger partial charge in [0.25, 0.3) is 5.60 Å². The monoisotopic (exact) mass is 643 g/mol. The molecule has 6 atom stereocenters. The Bertz CT molecular complexity index is 560. The van der Waals surface area contributed by atoms with Crippen LogP contribution in [0.5, 0.6) is 0 Å². The molecule has 28 heavy (non-hydrogen) atoms. The van der Waals surface area contributed by atoms with Crippen molar-refractivity contribution in [2.75, 3.05) is 6.61 Å². The average molecular weight is 643 g/mol. The molecule has 4 nitrogen and oxygen atoms in total. The van der Waals surface area contributed by atoms with E-state index in [1.807, 2.05) is 52.4 Å². The summed E-state index contributed by atoms with van der Waals surface area (Å²) in [6.07, 6.45) is -11.9. The molecule has 0 saturated heterocycles. The van der Waals surface area contributed by atoms with Crippen molar-refractivity contribution in [3.05, 3.63) is 0 Å². The molecule has 2 N–H and O–H groups in total. The molecule has 164 valence electrons. The number of ether oxygens (including phenoxy) is 1. The molecule has 0 spiro atoms. The van der Waals surface area contributed by atoms with E-state index in [4.69, 9.17) is 4.74 Å². The van der Waals surface area contributed by atoms with E-state index in [2.05, 4.69) is 3.53 Å². The minimum absolute atomic E-state index is 0.0680. The van der Waals surface area contributed by atoms with Crippen LogP contribution < -0.4 is 3.53 Å². The maximum absolute atomic E-state index is 12.9. The summed E-state index contributed by atoms with van der Waals surface area (Å²) in [5, 5.41) is 9.42. The van der Waals surface area contributed by atoms with Gasteiger partial charge in [0.05, 0.1) is 6.61 Å². The number of esters is 1. The highest BCUT2D eigenvalue weighted by atomic mass is 127. The molecule has 2 bridgehead atoms. The van der Waals surface area contributed by atoms with Crippen LogP contribution in [-0.2, 0) is 9.53 Å². The molecule has 6 unspecified atom stereocenters. The highest BCUT2D eigenvalue weighted by Gasteiger charge is 2.71. The highest BCUT2D eigenvalue weighted by Crippen LogP contribution is 2.57. The summed E-state index contributed by atoms with van der Waals surface area (Å²) in [6, 6.07) is -0.111. The normalized spacial score (nSPS) is 30.4. The maximum atomic E-state index is 12.9. The zero-order valence-electron chi connectivity index (χ0n) is 14.8. The Morgan fingerprint density at radius 1 is 1.11 bits per heavy atom. The van der Waals surface area contributed by atoms with E-state index in [9.17, 15) is 36.2 Å². The second-order valence-electron chi connectivity index (χ2n) is 7.74. The SMILES string of the molecule is CC(NI)C(I)C(=O)OCC1CC2CC1CC2CC(O)(C(F)(F)F)C(F)(F)F. The van der Waals surface area contributed by atoms with Gasteiger partial charge in [-0.2, -0.15) is 26.3 Å². The standard InChI is InChI=1S/C16H21F6I2NO3/c1-7(25-24)12(23)13(26)28-6-11-4-8-2-9(11)3-10(8)5-14(27,15(17,18)19)16(20,21)22/h7-12,25,27H,2-6H2,1H3. The lowest BCUT2D eigenvalue weighted by Gasteiger charge is -2.37. The minimum atomic E-state index is -5.78. The molecule has 0 aliphatic heterocycles. The average Bonchev–Trinajstić information content (AvgIpc) is 3.15. The number of hydrogen-bond donors (Lipinski definition) is 2. The van der Waals surface area contributed by atoms with Crippen LogP contribution in [0.25, 0.3) is 0 Å². The van der Waals surface area contributed by atoms with Crippen LogP contribution >= 0.6 is 45.5 Å². The summed E-state index contributed by atoms with van der Waals surface area (Å²) in [5.74, 6) is -1.76. The molecule has 2 fully saturated rings. The van der Waals surface area contributed by atoms with Crippen molar-refractivity contribution in [3.63, 3.8) is 0 Å². The van der Waals surface area contributed by atoms with Gasteiger partial charge in [0, 0.05) is 28.9 Å². The fourth-order valence-electron chi connectivity index (χ4n) is 4.27. The van der Waals surface area contributed by atoms with Crippen LogP contribution in [0.3, 0.4) is 0 Å². The molecule has 0 aromatic carbocycles. The Morgan fingerprint density at radius 3 is 2.04 bits per heavy atom. The molecule has 0 heterocycles. The summed E-state index contributed by atoms with van der Waals surface area (Å²) in [7, 11) is 0. The van der Waals surface area contributed by atoms with Crippen LogP contribution in [0, 0.1) is 23.7 Å². The molecule has 2 saturated carbocycles. The number of carbonyl (C=O) groups excluding carboxylic acids is 1. The van der Waals surface area contributed by atoms with E-state index in [-0.39, 0.29) is 36.8 Å². The molecule has 0 aromatic heterocycles. The number of hydrogen-bond acceptors (Lipinski definition) is 4. The number of rotatable bonds is 7.